The van der Waals surface area contributed by atoms with Gasteiger partial charge in [0.05, 0.1) is 25.7 Å². The number of fused-ring (bicyclic) bond motifs is 2. The van der Waals surface area contributed by atoms with Crippen molar-refractivity contribution >= 4 is 5.97 Å². The molecule has 2 atom stereocenters. The minimum Gasteiger partial charge on any atom is -0.492 e. The van der Waals surface area contributed by atoms with Crippen LogP contribution in [0.25, 0.3) is 0 Å². The average Bonchev–Trinajstić information content (AvgIpc) is 3.24. The SMILES string of the molecule is COC(=O)C[C@@H]1COc2cc(O[C@@H]3CCc4c3ccc(C)c4C(F)(F)F)ccc21. The summed E-state index contributed by atoms with van der Waals surface area (Å²) in [5.74, 6) is 0.796. The van der Waals surface area contributed by atoms with Crippen LogP contribution in [0.2, 0.25) is 0 Å². The lowest BCUT2D eigenvalue weighted by molar-refractivity contribution is -0.141. The molecule has 154 valence electrons. The van der Waals surface area contributed by atoms with Crippen LogP contribution in [0.5, 0.6) is 11.5 Å². The van der Waals surface area contributed by atoms with E-state index in [2.05, 4.69) is 0 Å². The molecule has 0 saturated heterocycles. The van der Waals surface area contributed by atoms with Crippen molar-refractivity contribution in [3.8, 4) is 11.5 Å². The minimum atomic E-state index is -4.37. The van der Waals surface area contributed by atoms with E-state index in [4.69, 9.17) is 14.2 Å². The van der Waals surface area contributed by atoms with Crippen molar-refractivity contribution in [2.24, 2.45) is 0 Å². The maximum atomic E-state index is 13.5. The number of esters is 1. The number of carbonyl (C=O) groups excluding carboxylic acids is 1. The number of hydrogen-bond acceptors (Lipinski definition) is 4. The predicted molar refractivity (Wildman–Crippen MR) is 99.2 cm³/mol. The molecule has 1 heterocycles. The fraction of sp³-hybridized carbons (Fsp3) is 0.409. The summed E-state index contributed by atoms with van der Waals surface area (Å²) in [7, 11) is 1.35. The van der Waals surface area contributed by atoms with Crippen LogP contribution in [0, 0.1) is 6.92 Å². The molecule has 0 unspecified atom stereocenters. The third kappa shape index (κ3) is 3.66. The number of hydrogen-bond donors (Lipinski definition) is 0. The molecule has 0 saturated carbocycles. The molecule has 0 N–H and O–H groups in total. The van der Waals surface area contributed by atoms with Crippen LogP contribution in [0.3, 0.4) is 0 Å². The summed E-state index contributed by atoms with van der Waals surface area (Å²) < 4.78 is 56.8. The van der Waals surface area contributed by atoms with Crippen LogP contribution in [0.4, 0.5) is 13.2 Å². The molecule has 0 fully saturated rings. The maximum absolute atomic E-state index is 13.5. The van der Waals surface area contributed by atoms with E-state index >= 15 is 0 Å². The molecule has 4 rings (SSSR count). The van der Waals surface area contributed by atoms with Gasteiger partial charge >= 0.3 is 12.1 Å². The zero-order valence-corrected chi connectivity index (χ0v) is 16.1. The fourth-order valence-electron chi connectivity index (χ4n) is 4.25. The molecule has 2 aromatic carbocycles. The third-order valence-electron chi connectivity index (χ3n) is 5.63. The molecular weight excluding hydrogens is 385 g/mol. The molecule has 2 aromatic rings. The Kier molecular flexibility index (Phi) is 4.92. The zero-order valence-electron chi connectivity index (χ0n) is 16.1. The standard InChI is InChI=1S/C22H21F3O4/c1-12-3-5-16-17(21(12)22(23,24)25)7-8-18(16)29-14-4-6-15-13(9-20(26)27-2)11-28-19(15)10-14/h3-6,10,13,18H,7-9,11H2,1-2H3/t13-,18-/m1/s1. The molecule has 0 spiro atoms. The van der Waals surface area contributed by atoms with E-state index in [0.717, 1.165) is 5.56 Å². The smallest absolute Gasteiger partial charge is 0.416 e. The molecular formula is C22H21F3O4. The van der Waals surface area contributed by atoms with E-state index in [9.17, 15) is 18.0 Å². The molecule has 4 nitrogen and oxygen atoms in total. The van der Waals surface area contributed by atoms with Crippen LogP contribution in [0.1, 0.15) is 52.7 Å². The number of halogens is 3. The van der Waals surface area contributed by atoms with Crippen LogP contribution >= 0.6 is 0 Å². The predicted octanol–water partition coefficient (Wildman–Crippen LogP) is 5.12. The number of rotatable bonds is 4. The Morgan fingerprint density at radius 2 is 1.97 bits per heavy atom. The Morgan fingerprint density at radius 1 is 1.21 bits per heavy atom. The summed E-state index contributed by atoms with van der Waals surface area (Å²) in [4.78, 5) is 11.5. The summed E-state index contributed by atoms with van der Waals surface area (Å²) >= 11 is 0. The summed E-state index contributed by atoms with van der Waals surface area (Å²) in [5, 5.41) is 0. The lowest BCUT2D eigenvalue weighted by Gasteiger charge is -2.18. The van der Waals surface area contributed by atoms with Crippen molar-refractivity contribution < 1.29 is 32.2 Å². The van der Waals surface area contributed by atoms with Crippen LogP contribution in [-0.2, 0) is 22.1 Å². The highest BCUT2D eigenvalue weighted by atomic mass is 19.4. The van der Waals surface area contributed by atoms with Gasteiger partial charge in [-0.2, -0.15) is 13.2 Å². The van der Waals surface area contributed by atoms with Crippen molar-refractivity contribution in [1.82, 2.24) is 0 Å². The molecule has 7 heteroatoms. The minimum absolute atomic E-state index is 0.0731. The van der Waals surface area contributed by atoms with E-state index < -0.39 is 17.8 Å². The van der Waals surface area contributed by atoms with Crippen molar-refractivity contribution in [2.75, 3.05) is 13.7 Å². The second-order valence-corrected chi connectivity index (χ2v) is 7.46. The lowest BCUT2D eigenvalue weighted by Crippen LogP contribution is -2.12. The highest BCUT2D eigenvalue weighted by Crippen LogP contribution is 2.45. The van der Waals surface area contributed by atoms with E-state index in [-0.39, 0.29) is 23.9 Å². The van der Waals surface area contributed by atoms with Crippen LogP contribution in [0.15, 0.2) is 30.3 Å². The Hall–Kier alpha value is -2.70. The van der Waals surface area contributed by atoms with Gasteiger partial charge in [0, 0.05) is 17.5 Å². The van der Waals surface area contributed by atoms with Gasteiger partial charge in [0.25, 0.3) is 0 Å². The molecule has 2 aliphatic rings. The second-order valence-electron chi connectivity index (χ2n) is 7.46. The largest absolute Gasteiger partial charge is 0.492 e. The first-order valence-corrected chi connectivity index (χ1v) is 9.47. The first-order chi connectivity index (χ1) is 13.8. The van der Waals surface area contributed by atoms with Gasteiger partial charge in [-0.1, -0.05) is 18.2 Å². The number of methoxy groups -OCH3 is 1. The maximum Gasteiger partial charge on any atom is 0.416 e. The monoisotopic (exact) mass is 406 g/mol. The van der Waals surface area contributed by atoms with Gasteiger partial charge in [0.15, 0.2) is 0 Å². The normalized spacial score (nSPS) is 20.0. The highest BCUT2D eigenvalue weighted by molar-refractivity contribution is 5.71. The highest BCUT2D eigenvalue weighted by Gasteiger charge is 2.39. The van der Waals surface area contributed by atoms with Crippen molar-refractivity contribution in [1.29, 1.82) is 0 Å². The van der Waals surface area contributed by atoms with Gasteiger partial charge in [-0.25, -0.2) is 0 Å². The molecule has 0 aromatic heterocycles. The first kappa shape index (κ1) is 19.6. The van der Waals surface area contributed by atoms with Gasteiger partial charge in [0.2, 0.25) is 0 Å². The molecule has 0 amide bonds. The quantitative estimate of drug-likeness (QED) is 0.662. The number of carbonyl (C=O) groups is 1. The van der Waals surface area contributed by atoms with Crippen molar-refractivity contribution in [2.45, 2.75) is 44.4 Å². The fourth-order valence-corrected chi connectivity index (χ4v) is 4.25. The Labute approximate surface area is 166 Å². The molecule has 29 heavy (non-hydrogen) atoms. The number of aryl methyl sites for hydroxylation is 1. The number of ether oxygens (including phenoxy) is 3. The van der Waals surface area contributed by atoms with Gasteiger partial charge in [-0.05, 0) is 42.5 Å². The molecule has 1 aliphatic carbocycles. The third-order valence-corrected chi connectivity index (χ3v) is 5.63. The van der Waals surface area contributed by atoms with Gasteiger partial charge in [0.1, 0.15) is 17.6 Å². The summed E-state index contributed by atoms with van der Waals surface area (Å²) in [6.45, 7) is 1.87. The Morgan fingerprint density at radius 3 is 2.69 bits per heavy atom. The van der Waals surface area contributed by atoms with Crippen LogP contribution < -0.4 is 9.47 Å². The molecule has 0 radical (unpaired) electrons. The summed E-state index contributed by atoms with van der Waals surface area (Å²) in [5.41, 5.74) is 1.53. The van der Waals surface area contributed by atoms with E-state index in [1.807, 2.05) is 6.07 Å². The van der Waals surface area contributed by atoms with E-state index in [1.165, 1.54) is 20.1 Å². The van der Waals surface area contributed by atoms with E-state index in [0.29, 0.717) is 42.1 Å². The average molecular weight is 406 g/mol. The van der Waals surface area contributed by atoms with Gasteiger partial charge < -0.3 is 14.2 Å². The lowest BCUT2D eigenvalue weighted by atomic mass is 9.97. The van der Waals surface area contributed by atoms with Gasteiger partial charge in [-0.3, -0.25) is 4.79 Å². The second kappa shape index (κ2) is 7.28. The van der Waals surface area contributed by atoms with Gasteiger partial charge in [-0.15, -0.1) is 0 Å². The summed E-state index contributed by atoms with van der Waals surface area (Å²) in [6.07, 6.45) is -3.75. The topological polar surface area (TPSA) is 44.8 Å². The first-order valence-electron chi connectivity index (χ1n) is 9.47. The molecule has 0 bridgehead atoms. The van der Waals surface area contributed by atoms with E-state index in [1.54, 1.807) is 18.2 Å². The number of benzene rings is 2. The Bertz CT molecular complexity index is 952. The van der Waals surface area contributed by atoms with Crippen LogP contribution in [-0.4, -0.2) is 19.7 Å². The Balaban J connectivity index is 1.55. The molecule has 1 aliphatic heterocycles. The van der Waals surface area contributed by atoms with Crippen molar-refractivity contribution in [3.05, 3.63) is 58.1 Å². The number of alkyl halides is 3. The zero-order chi connectivity index (χ0) is 20.8. The summed E-state index contributed by atoms with van der Waals surface area (Å²) in [6, 6.07) is 8.59. The van der Waals surface area contributed by atoms with Crippen molar-refractivity contribution in [3.63, 3.8) is 0 Å².